The summed E-state index contributed by atoms with van der Waals surface area (Å²) in [5.41, 5.74) is 0.586. The molecule has 0 saturated carbocycles. The molecule has 1 fully saturated rings. The van der Waals surface area contributed by atoms with Crippen LogP contribution in [0.5, 0.6) is 0 Å². The fraction of sp³-hybridized carbons (Fsp3) is 0.562. The molecule has 1 aliphatic rings. The van der Waals surface area contributed by atoms with Crippen LogP contribution in [0.25, 0.3) is 0 Å². The molecule has 0 aliphatic carbocycles. The molecule has 2 rings (SSSR count). The first-order chi connectivity index (χ1) is 11.2. The van der Waals surface area contributed by atoms with Gasteiger partial charge in [0.25, 0.3) is 5.91 Å². The highest BCUT2D eigenvalue weighted by atomic mass is 79.9. The standard InChI is InChI=1S/C16H22BrN3O2S/c1-3-14-11-23-16(19-6-5-7-22-4-2)20(14)15(21)12-8-13(17)10-18-9-12/h8-10,14H,3-7,11H2,1-2H3/t14-/m0/s1. The van der Waals surface area contributed by atoms with Crippen molar-refractivity contribution in [1.29, 1.82) is 0 Å². The van der Waals surface area contributed by atoms with Crippen LogP contribution in [0, 0.1) is 0 Å². The molecule has 0 radical (unpaired) electrons. The van der Waals surface area contributed by atoms with Crippen molar-refractivity contribution < 1.29 is 9.53 Å². The molecule has 1 atom stereocenters. The maximum Gasteiger partial charge on any atom is 0.261 e. The van der Waals surface area contributed by atoms with Crippen LogP contribution < -0.4 is 0 Å². The van der Waals surface area contributed by atoms with Gasteiger partial charge in [-0.1, -0.05) is 18.7 Å². The predicted molar refractivity (Wildman–Crippen MR) is 98.1 cm³/mol. The Bertz CT molecular complexity index is 568. The molecule has 0 bridgehead atoms. The molecule has 7 heteroatoms. The quantitative estimate of drug-likeness (QED) is 0.657. The molecular formula is C16H22BrN3O2S. The summed E-state index contributed by atoms with van der Waals surface area (Å²) < 4.78 is 6.13. The van der Waals surface area contributed by atoms with Crippen molar-refractivity contribution in [3.63, 3.8) is 0 Å². The summed E-state index contributed by atoms with van der Waals surface area (Å²) in [5.74, 6) is 0.868. The lowest BCUT2D eigenvalue weighted by atomic mass is 10.2. The second-order valence-electron chi connectivity index (χ2n) is 5.15. The fourth-order valence-corrected chi connectivity index (χ4v) is 3.94. The third-order valence-corrected chi connectivity index (χ3v) is 5.09. The van der Waals surface area contributed by atoms with Gasteiger partial charge in [0.2, 0.25) is 0 Å². The summed E-state index contributed by atoms with van der Waals surface area (Å²) in [7, 11) is 0. The first-order valence-corrected chi connectivity index (χ1v) is 9.64. The first-order valence-electron chi connectivity index (χ1n) is 7.86. The number of pyridine rings is 1. The van der Waals surface area contributed by atoms with Crippen molar-refractivity contribution in [3.05, 3.63) is 28.5 Å². The molecule has 126 valence electrons. The number of amides is 1. The minimum Gasteiger partial charge on any atom is -0.382 e. The Hall–Kier alpha value is -0.920. The number of hydrogen-bond donors (Lipinski definition) is 0. The maximum absolute atomic E-state index is 12.9. The molecule has 2 heterocycles. The van der Waals surface area contributed by atoms with Gasteiger partial charge in [-0.25, -0.2) is 0 Å². The normalized spacial score (nSPS) is 19.5. The van der Waals surface area contributed by atoms with E-state index in [0.29, 0.717) is 18.7 Å². The lowest BCUT2D eigenvalue weighted by molar-refractivity contribution is 0.0818. The number of thioether (sulfide) groups is 1. The number of halogens is 1. The van der Waals surface area contributed by atoms with Gasteiger partial charge < -0.3 is 4.74 Å². The zero-order valence-corrected chi connectivity index (χ0v) is 15.9. The van der Waals surface area contributed by atoms with E-state index in [4.69, 9.17) is 4.74 Å². The van der Waals surface area contributed by atoms with Gasteiger partial charge in [-0.05, 0) is 41.8 Å². The number of aliphatic imine (C=N–C) groups is 1. The van der Waals surface area contributed by atoms with Gasteiger partial charge in [-0.15, -0.1) is 0 Å². The molecule has 23 heavy (non-hydrogen) atoms. The minimum absolute atomic E-state index is 0.0285. The largest absolute Gasteiger partial charge is 0.382 e. The van der Waals surface area contributed by atoms with E-state index in [1.165, 1.54) is 0 Å². The van der Waals surface area contributed by atoms with Crippen molar-refractivity contribution in [2.45, 2.75) is 32.7 Å². The number of hydrogen-bond acceptors (Lipinski definition) is 5. The summed E-state index contributed by atoms with van der Waals surface area (Å²) in [6.45, 7) is 6.20. The van der Waals surface area contributed by atoms with Crippen molar-refractivity contribution >= 4 is 38.8 Å². The molecule has 1 aromatic heterocycles. The lowest BCUT2D eigenvalue weighted by Crippen LogP contribution is -2.39. The fourth-order valence-electron chi connectivity index (χ4n) is 2.30. The highest BCUT2D eigenvalue weighted by Crippen LogP contribution is 2.28. The predicted octanol–water partition coefficient (Wildman–Crippen LogP) is 3.59. The van der Waals surface area contributed by atoms with Crippen molar-refractivity contribution in [2.75, 3.05) is 25.5 Å². The second kappa shape index (κ2) is 9.39. The average molecular weight is 400 g/mol. The van der Waals surface area contributed by atoms with Crippen LogP contribution >= 0.6 is 27.7 Å². The first kappa shape index (κ1) is 18.4. The van der Waals surface area contributed by atoms with E-state index in [0.717, 1.165) is 34.8 Å². The highest BCUT2D eigenvalue weighted by molar-refractivity contribution is 9.10. The number of nitrogens with zero attached hydrogens (tertiary/aromatic N) is 3. The molecule has 1 aromatic rings. The Morgan fingerprint density at radius 1 is 1.52 bits per heavy atom. The van der Waals surface area contributed by atoms with Gasteiger partial charge >= 0.3 is 0 Å². The highest BCUT2D eigenvalue weighted by Gasteiger charge is 2.34. The summed E-state index contributed by atoms with van der Waals surface area (Å²) in [6.07, 6.45) is 5.07. The Kier molecular flexibility index (Phi) is 7.52. The van der Waals surface area contributed by atoms with E-state index >= 15 is 0 Å². The van der Waals surface area contributed by atoms with Crippen molar-refractivity contribution in [1.82, 2.24) is 9.88 Å². The van der Waals surface area contributed by atoms with E-state index in [2.05, 4.69) is 32.8 Å². The zero-order chi connectivity index (χ0) is 16.7. The van der Waals surface area contributed by atoms with Crippen LogP contribution in [-0.2, 0) is 4.74 Å². The van der Waals surface area contributed by atoms with Gasteiger partial charge in [-0.3, -0.25) is 19.7 Å². The molecule has 5 nitrogen and oxygen atoms in total. The molecular weight excluding hydrogens is 378 g/mol. The molecule has 1 saturated heterocycles. The molecule has 0 aromatic carbocycles. The van der Waals surface area contributed by atoms with Gasteiger partial charge in [0, 0.05) is 48.4 Å². The Balaban J connectivity index is 2.10. The third-order valence-electron chi connectivity index (χ3n) is 3.52. The second-order valence-corrected chi connectivity index (χ2v) is 7.06. The number of amidine groups is 1. The summed E-state index contributed by atoms with van der Waals surface area (Å²) in [5, 5.41) is 0.818. The lowest BCUT2D eigenvalue weighted by Gasteiger charge is -2.23. The van der Waals surface area contributed by atoms with E-state index in [-0.39, 0.29) is 11.9 Å². The topological polar surface area (TPSA) is 54.8 Å². The maximum atomic E-state index is 12.9. The van der Waals surface area contributed by atoms with E-state index < -0.39 is 0 Å². The molecule has 1 aliphatic heterocycles. The van der Waals surface area contributed by atoms with Crippen LogP contribution in [0.2, 0.25) is 0 Å². The van der Waals surface area contributed by atoms with Gasteiger partial charge in [0.15, 0.2) is 5.17 Å². The smallest absolute Gasteiger partial charge is 0.261 e. The SMILES string of the molecule is CCOCCCN=C1SC[C@H](CC)N1C(=O)c1cncc(Br)c1. The number of rotatable bonds is 7. The molecule has 0 spiro atoms. The minimum atomic E-state index is -0.0285. The van der Waals surface area contributed by atoms with Crippen molar-refractivity contribution in [3.8, 4) is 0 Å². The average Bonchev–Trinajstić information content (AvgIpc) is 2.97. The molecule has 0 N–H and O–H groups in total. The summed E-state index contributed by atoms with van der Waals surface area (Å²) in [4.78, 5) is 23.4. The summed E-state index contributed by atoms with van der Waals surface area (Å²) >= 11 is 5.03. The van der Waals surface area contributed by atoms with E-state index in [9.17, 15) is 4.79 Å². The number of ether oxygens (including phenoxy) is 1. The van der Waals surface area contributed by atoms with Gasteiger partial charge in [0.05, 0.1) is 5.56 Å². The van der Waals surface area contributed by atoms with Gasteiger partial charge in [0.1, 0.15) is 0 Å². The van der Waals surface area contributed by atoms with E-state index in [1.807, 2.05) is 11.8 Å². The van der Waals surface area contributed by atoms with Crippen LogP contribution in [0.4, 0.5) is 0 Å². The van der Waals surface area contributed by atoms with Crippen LogP contribution in [0.15, 0.2) is 27.9 Å². The van der Waals surface area contributed by atoms with Crippen molar-refractivity contribution in [2.24, 2.45) is 4.99 Å². The van der Waals surface area contributed by atoms with Crippen LogP contribution in [0.1, 0.15) is 37.0 Å². The number of aromatic nitrogens is 1. The molecule has 1 amide bonds. The summed E-state index contributed by atoms with van der Waals surface area (Å²) in [6, 6.07) is 2.00. The molecule has 0 unspecified atom stereocenters. The monoisotopic (exact) mass is 399 g/mol. The van der Waals surface area contributed by atoms with E-state index in [1.54, 1.807) is 30.2 Å². The van der Waals surface area contributed by atoms with Crippen LogP contribution in [-0.4, -0.2) is 52.5 Å². The van der Waals surface area contributed by atoms with Gasteiger partial charge in [-0.2, -0.15) is 0 Å². The number of carbonyl (C=O) groups is 1. The third kappa shape index (κ3) is 5.02. The zero-order valence-electron chi connectivity index (χ0n) is 13.5. The Morgan fingerprint density at radius 3 is 3.04 bits per heavy atom. The Labute approximate surface area is 150 Å². The Morgan fingerprint density at radius 2 is 2.35 bits per heavy atom. The number of carbonyl (C=O) groups excluding carboxylic acids is 1. The van der Waals surface area contributed by atoms with Crippen LogP contribution in [0.3, 0.4) is 0 Å².